The lowest BCUT2D eigenvalue weighted by Gasteiger charge is -2.17. The van der Waals surface area contributed by atoms with E-state index in [1.165, 1.54) is 5.56 Å². The second-order valence-corrected chi connectivity index (χ2v) is 5.19. The first-order valence-electron chi connectivity index (χ1n) is 6.25. The van der Waals surface area contributed by atoms with E-state index in [1.807, 2.05) is 19.9 Å². The molecule has 1 atom stereocenters. The lowest BCUT2D eigenvalue weighted by molar-refractivity contribution is 0.417. The number of hydrogen-bond donors (Lipinski definition) is 1. The van der Waals surface area contributed by atoms with E-state index in [-0.39, 0.29) is 5.41 Å². The van der Waals surface area contributed by atoms with Gasteiger partial charge in [-0.1, -0.05) is 30.3 Å². The molecule has 0 bridgehead atoms. The molecule has 1 aromatic rings. The van der Waals surface area contributed by atoms with Crippen molar-refractivity contribution in [2.24, 2.45) is 5.41 Å². The van der Waals surface area contributed by atoms with Gasteiger partial charge in [0, 0.05) is 6.04 Å². The molecule has 0 aliphatic heterocycles. The Morgan fingerprint density at radius 3 is 2.53 bits per heavy atom. The molecule has 92 valence electrons. The van der Waals surface area contributed by atoms with Crippen molar-refractivity contribution < 1.29 is 0 Å². The van der Waals surface area contributed by atoms with Gasteiger partial charge in [0.2, 0.25) is 0 Å². The Labute approximate surface area is 105 Å². The minimum Gasteiger partial charge on any atom is -0.310 e. The molecule has 0 fully saturated rings. The van der Waals surface area contributed by atoms with Crippen LogP contribution in [0.25, 0.3) is 0 Å². The van der Waals surface area contributed by atoms with E-state index in [9.17, 15) is 0 Å². The average Bonchev–Trinajstić information content (AvgIpc) is 2.35. The van der Waals surface area contributed by atoms with Crippen LogP contribution < -0.4 is 5.32 Å². The van der Waals surface area contributed by atoms with E-state index in [1.54, 1.807) is 0 Å². The zero-order chi connectivity index (χ0) is 12.7. The maximum Gasteiger partial charge on any atom is 0.0683 e. The van der Waals surface area contributed by atoms with E-state index < -0.39 is 0 Å². The Hall–Kier alpha value is -1.33. The molecule has 0 unspecified atom stereocenters. The lowest BCUT2D eigenvalue weighted by Crippen LogP contribution is -2.21. The molecule has 2 heteroatoms. The minimum absolute atomic E-state index is 0.197. The molecule has 0 spiro atoms. The van der Waals surface area contributed by atoms with Gasteiger partial charge in [-0.05, 0) is 45.7 Å². The highest BCUT2D eigenvalue weighted by atomic mass is 14.9. The van der Waals surface area contributed by atoms with Crippen LogP contribution >= 0.6 is 0 Å². The largest absolute Gasteiger partial charge is 0.310 e. The molecule has 1 N–H and O–H groups in total. The molecular weight excluding hydrogens is 208 g/mol. The fourth-order valence-electron chi connectivity index (χ4n) is 1.76. The summed E-state index contributed by atoms with van der Waals surface area (Å²) >= 11 is 0. The fraction of sp³-hybridized carbons (Fsp3) is 0.533. The van der Waals surface area contributed by atoms with Gasteiger partial charge in [0.05, 0.1) is 11.5 Å². The highest BCUT2D eigenvalue weighted by Crippen LogP contribution is 2.20. The zero-order valence-corrected chi connectivity index (χ0v) is 11.0. The van der Waals surface area contributed by atoms with Crippen molar-refractivity contribution in [1.82, 2.24) is 5.32 Å². The molecule has 0 aliphatic carbocycles. The first-order valence-corrected chi connectivity index (χ1v) is 6.25. The third-order valence-electron chi connectivity index (χ3n) is 3.03. The standard InChI is InChI=1S/C15H22N2/c1-13(14-8-5-4-6-9-14)17-11-7-10-15(2,3)12-16/h4-6,8-9,13,17H,7,10-11H2,1-3H3/t13-/m1/s1. The maximum atomic E-state index is 8.91. The number of nitrogens with zero attached hydrogens (tertiary/aromatic N) is 1. The number of rotatable bonds is 6. The number of benzene rings is 1. The molecule has 2 nitrogen and oxygen atoms in total. The highest BCUT2D eigenvalue weighted by Gasteiger charge is 2.15. The Bertz CT molecular complexity index is 362. The molecule has 0 radical (unpaired) electrons. The van der Waals surface area contributed by atoms with Gasteiger partial charge in [-0.2, -0.15) is 5.26 Å². The van der Waals surface area contributed by atoms with E-state index >= 15 is 0 Å². The normalized spacial score (nSPS) is 13.1. The van der Waals surface area contributed by atoms with Crippen molar-refractivity contribution >= 4 is 0 Å². The van der Waals surface area contributed by atoms with Crippen LogP contribution in [0.1, 0.15) is 45.2 Å². The third-order valence-corrected chi connectivity index (χ3v) is 3.03. The van der Waals surface area contributed by atoms with Gasteiger partial charge in [-0.25, -0.2) is 0 Å². The Kier molecular flexibility index (Phi) is 5.18. The summed E-state index contributed by atoms with van der Waals surface area (Å²) in [5, 5.41) is 12.4. The van der Waals surface area contributed by atoms with E-state index in [0.717, 1.165) is 19.4 Å². The summed E-state index contributed by atoms with van der Waals surface area (Å²) in [5.41, 5.74) is 1.12. The summed E-state index contributed by atoms with van der Waals surface area (Å²) in [7, 11) is 0. The van der Waals surface area contributed by atoms with Gasteiger partial charge in [0.1, 0.15) is 0 Å². The van der Waals surface area contributed by atoms with Crippen LogP contribution in [-0.2, 0) is 0 Å². The predicted octanol–water partition coefficient (Wildman–Crippen LogP) is 3.67. The molecule has 1 aromatic carbocycles. The van der Waals surface area contributed by atoms with Crippen LogP contribution in [0.4, 0.5) is 0 Å². The van der Waals surface area contributed by atoms with Gasteiger partial charge in [-0.15, -0.1) is 0 Å². The topological polar surface area (TPSA) is 35.8 Å². The van der Waals surface area contributed by atoms with Crippen LogP contribution in [0.2, 0.25) is 0 Å². The van der Waals surface area contributed by atoms with Crippen LogP contribution in [-0.4, -0.2) is 6.54 Å². The number of nitriles is 1. The summed E-state index contributed by atoms with van der Waals surface area (Å²) in [4.78, 5) is 0. The molecule has 0 saturated heterocycles. The molecule has 0 aliphatic rings. The third kappa shape index (κ3) is 5.01. The summed E-state index contributed by atoms with van der Waals surface area (Å²) in [6.45, 7) is 7.12. The van der Waals surface area contributed by atoms with Crippen LogP contribution in [0.15, 0.2) is 30.3 Å². The molecule has 0 heterocycles. The summed E-state index contributed by atoms with van der Waals surface area (Å²) in [6.07, 6.45) is 1.98. The summed E-state index contributed by atoms with van der Waals surface area (Å²) < 4.78 is 0. The average molecular weight is 230 g/mol. The van der Waals surface area contributed by atoms with E-state index in [4.69, 9.17) is 5.26 Å². The minimum atomic E-state index is -0.197. The van der Waals surface area contributed by atoms with Crippen molar-refractivity contribution in [2.45, 2.75) is 39.7 Å². The Morgan fingerprint density at radius 1 is 1.29 bits per heavy atom. The smallest absolute Gasteiger partial charge is 0.0683 e. The number of hydrogen-bond acceptors (Lipinski definition) is 2. The van der Waals surface area contributed by atoms with Gasteiger partial charge < -0.3 is 5.32 Å². The SMILES string of the molecule is C[C@@H](NCCCC(C)(C)C#N)c1ccccc1. The van der Waals surface area contributed by atoms with Gasteiger partial charge in [-0.3, -0.25) is 0 Å². The summed E-state index contributed by atoms with van der Waals surface area (Å²) in [6, 6.07) is 13.1. The summed E-state index contributed by atoms with van der Waals surface area (Å²) in [5.74, 6) is 0. The molecule has 0 amide bonds. The number of nitrogens with one attached hydrogen (secondary N) is 1. The molecule has 0 aromatic heterocycles. The van der Waals surface area contributed by atoms with Crippen molar-refractivity contribution in [3.63, 3.8) is 0 Å². The molecule has 1 rings (SSSR count). The van der Waals surface area contributed by atoms with Gasteiger partial charge in [0.25, 0.3) is 0 Å². The molecular formula is C15H22N2. The van der Waals surface area contributed by atoms with Crippen LogP contribution in [0, 0.1) is 16.7 Å². The second kappa shape index (κ2) is 6.42. The first-order chi connectivity index (χ1) is 8.05. The van der Waals surface area contributed by atoms with Crippen molar-refractivity contribution in [3.05, 3.63) is 35.9 Å². The van der Waals surface area contributed by atoms with Crippen LogP contribution in [0.5, 0.6) is 0 Å². The van der Waals surface area contributed by atoms with E-state index in [0.29, 0.717) is 6.04 Å². The molecule has 17 heavy (non-hydrogen) atoms. The van der Waals surface area contributed by atoms with Crippen molar-refractivity contribution in [2.75, 3.05) is 6.54 Å². The Balaban J connectivity index is 2.26. The highest BCUT2D eigenvalue weighted by molar-refractivity contribution is 5.17. The monoisotopic (exact) mass is 230 g/mol. The lowest BCUT2D eigenvalue weighted by atomic mass is 9.90. The van der Waals surface area contributed by atoms with Gasteiger partial charge in [0.15, 0.2) is 0 Å². The first kappa shape index (κ1) is 13.7. The molecule has 0 saturated carbocycles. The Morgan fingerprint density at radius 2 is 1.94 bits per heavy atom. The predicted molar refractivity (Wildman–Crippen MR) is 71.5 cm³/mol. The van der Waals surface area contributed by atoms with Crippen molar-refractivity contribution in [3.8, 4) is 6.07 Å². The van der Waals surface area contributed by atoms with E-state index in [2.05, 4.69) is 42.6 Å². The second-order valence-electron chi connectivity index (χ2n) is 5.19. The van der Waals surface area contributed by atoms with Gasteiger partial charge >= 0.3 is 0 Å². The quantitative estimate of drug-likeness (QED) is 0.757. The van der Waals surface area contributed by atoms with Crippen LogP contribution in [0.3, 0.4) is 0 Å². The zero-order valence-electron chi connectivity index (χ0n) is 11.0. The fourth-order valence-corrected chi connectivity index (χ4v) is 1.76. The van der Waals surface area contributed by atoms with Crippen molar-refractivity contribution in [1.29, 1.82) is 5.26 Å². The maximum absolute atomic E-state index is 8.91.